The van der Waals surface area contributed by atoms with Gasteiger partial charge in [0.25, 0.3) is 0 Å². The molecule has 7 heteroatoms. The number of aliphatic carboxylic acids is 1. The van der Waals surface area contributed by atoms with E-state index < -0.39 is 17.9 Å². The fourth-order valence-corrected chi connectivity index (χ4v) is 2.02. The minimum absolute atomic E-state index is 0.214. The van der Waals surface area contributed by atoms with Crippen molar-refractivity contribution < 1.29 is 23.8 Å². The third-order valence-corrected chi connectivity index (χ3v) is 3.17. The van der Waals surface area contributed by atoms with E-state index >= 15 is 0 Å². The fourth-order valence-electron chi connectivity index (χ4n) is 2.02. The largest absolute Gasteiger partial charge is 0.495 e. The Morgan fingerprint density at radius 1 is 1.26 bits per heavy atom. The number of para-hydroxylation sites is 2. The van der Waals surface area contributed by atoms with Crippen molar-refractivity contribution in [2.75, 3.05) is 12.4 Å². The zero-order valence-corrected chi connectivity index (χ0v) is 12.6. The Balaban J connectivity index is 1.93. The molecule has 2 aromatic rings. The maximum Gasteiger partial charge on any atom is 0.321 e. The van der Waals surface area contributed by atoms with Crippen molar-refractivity contribution in [3.05, 3.63) is 48.4 Å². The highest BCUT2D eigenvalue weighted by atomic mass is 16.5. The number of carbonyl (C=O) groups excluding carboxylic acids is 1. The summed E-state index contributed by atoms with van der Waals surface area (Å²) in [4.78, 5) is 23.3. The van der Waals surface area contributed by atoms with Gasteiger partial charge < -0.3 is 19.6 Å². The zero-order chi connectivity index (χ0) is 16.7. The maximum atomic E-state index is 12.1. The van der Waals surface area contributed by atoms with Gasteiger partial charge in [0.15, 0.2) is 0 Å². The number of amides is 1. The van der Waals surface area contributed by atoms with Crippen LogP contribution in [0.15, 0.2) is 47.1 Å². The molecule has 1 aromatic heterocycles. The molecule has 1 heterocycles. The van der Waals surface area contributed by atoms with Crippen molar-refractivity contribution in [3.63, 3.8) is 0 Å². The number of anilines is 1. The van der Waals surface area contributed by atoms with Gasteiger partial charge in [0.05, 0.1) is 32.0 Å². The quantitative estimate of drug-likeness (QED) is 0.687. The number of hydrogen-bond acceptors (Lipinski definition) is 5. The average Bonchev–Trinajstić information content (AvgIpc) is 3.05. The minimum atomic E-state index is -1.10. The average molecular weight is 318 g/mol. The van der Waals surface area contributed by atoms with E-state index in [0.717, 1.165) is 0 Å². The van der Waals surface area contributed by atoms with E-state index in [4.69, 9.17) is 9.15 Å². The first-order chi connectivity index (χ1) is 11.1. The monoisotopic (exact) mass is 318 g/mol. The van der Waals surface area contributed by atoms with Crippen LogP contribution in [0.5, 0.6) is 5.75 Å². The van der Waals surface area contributed by atoms with E-state index in [-0.39, 0.29) is 13.0 Å². The van der Waals surface area contributed by atoms with Crippen molar-refractivity contribution in [3.8, 4) is 5.75 Å². The molecule has 1 aromatic carbocycles. The molecule has 0 unspecified atom stereocenters. The number of nitrogens with one attached hydrogen (secondary N) is 2. The maximum absolute atomic E-state index is 12.1. The van der Waals surface area contributed by atoms with Crippen molar-refractivity contribution in [1.29, 1.82) is 0 Å². The molecule has 122 valence electrons. The van der Waals surface area contributed by atoms with Crippen LogP contribution in [-0.2, 0) is 16.1 Å². The molecule has 0 spiro atoms. The van der Waals surface area contributed by atoms with E-state index in [2.05, 4.69) is 10.6 Å². The molecular weight excluding hydrogens is 300 g/mol. The van der Waals surface area contributed by atoms with Crippen LogP contribution in [0.25, 0.3) is 0 Å². The van der Waals surface area contributed by atoms with Gasteiger partial charge >= 0.3 is 5.97 Å². The second-order valence-corrected chi connectivity index (χ2v) is 4.80. The number of carbonyl (C=O) groups is 2. The smallest absolute Gasteiger partial charge is 0.321 e. The lowest BCUT2D eigenvalue weighted by Crippen LogP contribution is -2.39. The van der Waals surface area contributed by atoms with Crippen LogP contribution >= 0.6 is 0 Å². The number of carboxylic acids is 1. The van der Waals surface area contributed by atoms with E-state index in [9.17, 15) is 14.7 Å². The van der Waals surface area contributed by atoms with Gasteiger partial charge in [-0.15, -0.1) is 0 Å². The first kappa shape index (κ1) is 16.6. The number of furan rings is 1. The highest BCUT2D eigenvalue weighted by Gasteiger charge is 2.21. The molecule has 0 fully saturated rings. The van der Waals surface area contributed by atoms with Crippen molar-refractivity contribution in [2.45, 2.75) is 19.0 Å². The summed E-state index contributed by atoms with van der Waals surface area (Å²) in [6.45, 7) is 0.228. The minimum Gasteiger partial charge on any atom is -0.495 e. The van der Waals surface area contributed by atoms with Gasteiger partial charge in [0.2, 0.25) is 5.91 Å². The fraction of sp³-hybridized carbons (Fsp3) is 0.250. The summed E-state index contributed by atoms with van der Waals surface area (Å²) in [5.74, 6) is -0.418. The Morgan fingerprint density at radius 3 is 2.70 bits per heavy atom. The predicted molar refractivity (Wildman–Crippen MR) is 83.2 cm³/mol. The lowest BCUT2D eigenvalue weighted by Gasteiger charge is -2.14. The second kappa shape index (κ2) is 8.00. The van der Waals surface area contributed by atoms with Crippen molar-refractivity contribution in [1.82, 2.24) is 5.32 Å². The van der Waals surface area contributed by atoms with Gasteiger partial charge in [0.1, 0.15) is 17.6 Å². The molecule has 1 atom stereocenters. The molecule has 0 radical (unpaired) electrons. The molecule has 3 N–H and O–H groups in total. The second-order valence-electron chi connectivity index (χ2n) is 4.80. The van der Waals surface area contributed by atoms with Gasteiger partial charge in [-0.25, -0.2) is 0 Å². The van der Waals surface area contributed by atoms with Gasteiger partial charge in [-0.1, -0.05) is 12.1 Å². The lowest BCUT2D eigenvalue weighted by molar-refractivity contribution is -0.141. The number of carboxylic acid groups (broad SMARTS) is 1. The summed E-state index contributed by atoms with van der Waals surface area (Å²) < 4.78 is 10.3. The van der Waals surface area contributed by atoms with Gasteiger partial charge in [-0.2, -0.15) is 0 Å². The zero-order valence-electron chi connectivity index (χ0n) is 12.6. The molecule has 0 bridgehead atoms. The standard InChI is InChI=1S/C16H18N2O5/c1-22-14-7-3-2-6-12(14)18-15(19)9-13(16(20)21)17-10-11-5-4-8-23-11/h2-8,13,17H,9-10H2,1H3,(H,18,19)(H,20,21)/t13-/m1/s1. The summed E-state index contributed by atoms with van der Waals surface area (Å²) in [6, 6.07) is 9.33. The molecule has 0 saturated carbocycles. The van der Waals surface area contributed by atoms with Crippen LogP contribution in [-0.4, -0.2) is 30.1 Å². The summed E-state index contributed by atoms with van der Waals surface area (Å²) in [5.41, 5.74) is 0.496. The van der Waals surface area contributed by atoms with Crippen molar-refractivity contribution in [2.24, 2.45) is 0 Å². The van der Waals surface area contributed by atoms with Gasteiger partial charge in [0, 0.05) is 0 Å². The van der Waals surface area contributed by atoms with Crippen LogP contribution < -0.4 is 15.4 Å². The molecule has 0 aliphatic heterocycles. The topological polar surface area (TPSA) is 101 Å². The highest BCUT2D eigenvalue weighted by molar-refractivity contribution is 5.95. The Morgan fingerprint density at radius 2 is 2.04 bits per heavy atom. The molecule has 0 aliphatic carbocycles. The number of methoxy groups -OCH3 is 1. The molecule has 2 rings (SSSR count). The van der Waals surface area contributed by atoms with Crippen LogP contribution in [0, 0.1) is 0 Å². The lowest BCUT2D eigenvalue weighted by atomic mass is 10.2. The Hall–Kier alpha value is -2.80. The number of ether oxygens (including phenoxy) is 1. The van der Waals surface area contributed by atoms with Crippen LogP contribution in [0.3, 0.4) is 0 Å². The first-order valence-electron chi connectivity index (χ1n) is 7.01. The summed E-state index contributed by atoms with van der Waals surface area (Å²) in [6.07, 6.45) is 1.29. The molecular formula is C16H18N2O5. The Labute approximate surface area is 133 Å². The summed E-state index contributed by atoms with van der Waals surface area (Å²) in [5, 5.41) is 14.7. The van der Waals surface area contributed by atoms with Crippen molar-refractivity contribution >= 4 is 17.6 Å². The molecule has 23 heavy (non-hydrogen) atoms. The normalized spacial score (nSPS) is 11.7. The number of benzene rings is 1. The molecule has 1 amide bonds. The van der Waals surface area contributed by atoms with E-state index in [1.807, 2.05) is 0 Å². The van der Waals surface area contributed by atoms with E-state index in [1.54, 1.807) is 36.4 Å². The Kier molecular flexibility index (Phi) is 5.76. The molecule has 7 nitrogen and oxygen atoms in total. The summed E-state index contributed by atoms with van der Waals surface area (Å²) >= 11 is 0. The summed E-state index contributed by atoms with van der Waals surface area (Å²) in [7, 11) is 1.50. The third-order valence-electron chi connectivity index (χ3n) is 3.17. The predicted octanol–water partition coefficient (Wildman–Crippen LogP) is 1.86. The third kappa shape index (κ3) is 4.86. The van der Waals surface area contributed by atoms with E-state index in [1.165, 1.54) is 13.4 Å². The number of rotatable bonds is 8. The molecule has 0 aliphatic rings. The first-order valence-corrected chi connectivity index (χ1v) is 7.01. The van der Waals surface area contributed by atoms with Crippen LogP contribution in [0.4, 0.5) is 5.69 Å². The Bertz CT molecular complexity index is 654. The van der Waals surface area contributed by atoms with E-state index in [0.29, 0.717) is 17.2 Å². The van der Waals surface area contributed by atoms with Crippen LogP contribution in [0.2, 0.25) is 0 Å². The number of hydrogen-bond donors (Lipinski definition) is 3. The van der Waals surface area contributed by atoms with Crippen LogP contribution in [0.1, 0.15) is 12.2 Å². The van der Waals surface area contributed by atoms with Gasteiger partial charge in [-0.05, 0) is 24.3 Å². The SMILES string of the molecule is COc1ccccc1NC(=O)C[C@@H](NCc1ccco1)C(=O)O. The van der Waals surface area contributed by atoms with Gasteiger partial charge in [-0.3, -0.25) is 14.9 Å². The highest BCUT2D eigenvalue weighted by Crippen LogP contribution is 2.23. The molecule has 0 saturated heterocycles.